The average Bonchev–Trinajstić information content (AvgIpc) is 3.05. The van der Waals surface area contributed by atoms with Crippen LogP contribution in [-0.2, 0) is 13.5 Å². The van der Waals surface area contributed by atoms with E-state index in [2.05, 4.69) is 36.1 Å². The van der Waals surface area contributed by atoms with Crippen molar-refractivity contribution in [2.45, 2.75) is 32.7 Å². The fourth-order valence-electron chi connectivity index (χ4n) is 3.80. The molecule has 5 heteroatoms. The van der Waals surface area contributed by atoms with Crippen molar-refractivity contribution < 1.29 is 4.79 Å². The molecule has 0 radical (unpaired) electrons. The fraction of sp³-hybridized carbons (Fsp3) is 0.733. The zero-order valence-corrected chi connectivity index (χ0v) is 12.8. The molecule has 3 heterocycles. The van der Waals surface area contributed by atoms with Gasteiger partial charge in [0.05, 0.1) is 5.69 Å². The van der Waals surface area contributed by atoms with E-state index < -0.39 is 0 Å². The Labute approximate surface area is 120 Å². The van der Waals surface area contributed by atoms with E-state index in [0.717, 1.165) is 31.7 Å². The lowest BCUT2D eigenvalue weighted by molar-refractivity contribution is 0.0592. The molecule has 2 fully saturated rings. The average molecular weight is 276 g/mol. The smallest absolute Gasteiger partial charge is 0.272 e. The minimum atomic E-state index is -0.0815. The highest BCUT2D eigenvalue weighted by molar-refractivity contribution is 5.93. The van der Waals surface area contributed by atoms with Crippen LogP contribution in [0.15, 0.2) is 6.07 Å². The van der Waals surface area contributed by atoms with Gasteiger partial charge in [0.15, 0.2) is 0 Å². The molecule has 0 aliphatic carbocycles. The van der Waals surface area contributed by atoms with Crippen molar-refractivity contribution >= 4 is 5.91 Å². The molecule has 2 aliphatic heterocycles. The Bertz CT molecular complexity index is 534. The molecule has 0 spiro atoms. The van der Waals surface area contributed by atoms with Gasteiger partial charge in [0.25, 0.3) is 5.91 Å². The first-order valence-electron chi connectivity index (χ1n) is 7.50. The molecule has 1 aromatic heterocycles. The maximum absolute atomic E-state index is 12.9. The van der Waals surface area contributed by atoms with Crippen LogP contribution in [0.3, 0.4) is 0 Å². The molecule has 0 saturated carbocycles. The zero-order chi connectivity index (χ0) is 14.5. The SMILES string of the molecule is CCc1cc(C(=O)N2CC3CNCC3C2(C)C)n(C)n1. The molecule has 2 atom stereocenters. The lowest BCUT2D eigenvalue weighted by Crippen LogP contribution is -2.48. The zero-order valence-electron chi connectivity index (χ0n) is 12.8. The number of nitrogens with zero attached hydrogens (tertiary/aromatic N) is 3. The van der Waals surface area contributed by atoms with Gasteiger partial charge in [-0.25, -0.2) is 0 Å². The molecule has 1 aromatic rings. The highest BCUT2D eigenvalue weighted by Crippen LogP contribution is 2.41. The number of hydrogen-bond donors (Lipinski definition) is 1. The third kappa shape index (κ3) is 1.87. The summed E-state index contributed by atoms with van der Waals surface area (Å²) in [5.41, 5.74) is 1.61. The van der Waals surface area contributed by atoms with Crippen LogP contribution in [-0.4, -0.2) is 45.8 Å². The van der Waals surface area contributed by atoms with E-state index >= 15 is 0 Å². The maximum atomic E-state index is 12.9. The minimum Gasteiger partial charge on any atom is -0.332 e. The van der Waals surface area contributed by atoms with Crippen molar-refractivity contribution in [1.29, 1.82) is 0 Å². The molecule has 2 saturated heterocycles. The molecule has 3 rings (SSSR count). The monoisotopic (exact) mass is 276 g/mol. The summed E-state index contributed by atoms with van der Waals surface area (Å²) >= 11 is 0. The highest BCUT2D eigenvalue weighted by atomic mass is 16.2. The Hall–Kier alpha value is -1.36. The fourth-order valence-corrected chi connectivity index (χ4v) is 3.80. The Morgan fingerprint density at radius 2 is 2.25 bits per heavy atom. The first kappa shape index (κ1) is 13.6. The van der Waals surface area contributed by atoms with Gasteiger partial charge in [0.2, 0.25) is 0 Å². The van der Waals surface area contributed by atoms with E-state index in [9.17, 15) is 4.79 Å². The first-order valence-corrected chi connectivity index (χ1v) is 7.50. The third-order valence-corrected chi connectivity index (χ3v) is 5.12. The lowest BCUT2D eigenvalue weighted by atomic mass is 9.85. The molecule has 0 bridgehead atoms. The largest absolute Gasteiger partial charge is 0.332 e. The van der Waals surface area contributed by atoms with Gasteiger partial charge in [-0.3, -0.25) is 9.48 Å². The van der Waals surface area contributed by atoms with Crippen LogP contribution in [0.4, 0.5) is 0 Å². The number of likely N-dealkylation sites (tertiary alicyclic amines) is 1. The van der Waals surface area contributed by atoms with Crippen LogP contribution < -0.4 is 5.32 Å². The second-order valence-corrected chi connectivity index (χ2v) is 6.59. The Kier molecular flexibility index (Phi) is 3.12. The van der Waals surface area contributed by atoms with Crippen LogP contribution in [0.1, 0.15) is 37.0 Å². The van der Waals surface area contributed by atoms with Crippen LogP contribution in [0.2, 0.25) is 0 Å². The predicted molar refractivity (Wildman–Crippen MR) is 77.6 cm³/mol. The van der Waals surface area contributed by atoms with Gasteiger partial charge in [0, 0.05) is 32.2 Å². The summed E-state index contributed by atoms with van der Waals surface area (Å²) in [6.07, 6.45) is 0.861. The molecule has 5 nitrogen and oxygen atoms in total. The highest BCUT2D eigenvalue weighted by Gasteiger charge is 2.51. The molecule has 20 heavy (non-hydrogen) atoms. The van der Waals surface area contributed by atoms with Gasteiger partial charge in [-0.1, -0.05) is 6.92 Å². The van der Waals surface area contributed by atoms with Gasteiger partial charge in [0.1, 0.15) is 5.69 Å². The molecule has 0 aromatic carbocycles. The Morgan fingerprint density at radius 1 is 1.50 bits per heavy atom. The number of aryl methyl sites for hydroxylation is 2. The summed E-state index contributed by atoms with van der Waals surface area (Å²) in [6.45, 7) is 9.36. The molecule has 2 unspecified atom stereocenters. The topological polar surface area (TPSA) is 50.2 Å². The quantitative estimate of drug-likeness (QED) is 0.878. The van der Waals surface area contributed by atoms with Crippen LogP contribution >= 0.6 is 0 Å². The normalized spacial score (nSPS) is 27.9. The molecule has 110 valence electrons. The van der Waals surface area contributed by atoms with Gasteiger partial charge < -0.3 is 10.2 Å². The van der Waals surface area contributed by atoms with E-state index in [-0.39, 0.29) is 11.4 Å². The lowest BCUT2D eigenvalue weighted by Gasteiger charge is -2.35. The van der Waals surface area contributed by atoms with E-state index in [1.807, 2.05) is 13.1 Å². The van der Waals surface area contributed by atoms with Crippen molar-refractivity contribution in [2.75, 3.05) is 19.6 Å². The van der Waals surface area contributed by atoms with E-state index in [1.165, 1.54) is 0 Å². The molecule has 1 N–H and O–H groups in total. The van der Waals surface area contributed by atoms with Gasteiger partial charge in [-0.2, -0.15) is 5.10 Å². The summed E-state index contributed by atoms with van der Waals surface area (Å²) < 4.78 is 1.73. The van der Waals surface area contributed by atoms with Gasteiger partial charge in [-0.05, 0) is 38.2 Å². The molecular formula is C15H24N4O. The predicted octanol–water partition coefficient (Wildman–Crippen LogP) is 1.05. The van der Waals surface area contributed by atoms with Crippen molar-refractivity contribution in [2.24, 2.45) is 18.9 Å². The van der Waals surface area contributed by atoms with E-state index in [0.29, 0.717) is 17.5 Å². The number of carbonyl (C=O) groups excluding carboxylic acids is 1. The third-order valence-electron chi connectivity index (χ3n) is 5.12. The number of fused-ring (bicyclic) bond motifs is 1. The number of rotatable bonds is 2. The number of amides is 1. The van der Waals surface area contributed by atoms with Crippen molar-refractivity contribution in [3.05, 3.63) is 17.5 Å². The summed E-state index contributed by atoms with van der Waals surface area (Å²) in [7, 11) is 1.86. The maximum Gasteiger partial charge on any atom is 0.272 e. The van der Waals surface area contributed by atoms with Gasteiger partial charge in [-0.15, -0.1) is 0 Å². The number of carbonyl (C=O) groups is 1. The molecule has 1 amide bonds. The van der Waals surface area contributed by atoms with E-state index in [1.54, 1.807) is 4.68 Å². The molecule has 2 aliphatic rings. The van der Waals surface area contributed by atoms with Crippen molar-refractivity contribution in [3.63, 3.8) is 0 Å². The summed E-state index contributed by atoms with van der Waals surface area (Å²) in [6, 6.07) is 1.94. The summed E-state index contributed by atoms with van der Waals surface area (Å²) in [4.78, 5) is 14.9. The van der Waals surface area contributed by atoms with Crippen molar-refractivity contribution in [1.82, 2.24) is 20.0 Å². The van der Waals surface area contributed by atoms with Crippen molar-refractivity contribution in [3.8, 4) is 0 Å². The Morgan fingerprint density at radius 3 is 2.85 bits per heavy atom. The summed E-state index contributed by atoms with van der Waals surface area (Å²) in [5, 5.41) is 7.85. The first-order chi connectivity index (χ1) is 9.45. The summed E-state index contributed by atoms with van der Waals surface area (Å²) in [5.74, 6) is 1.28. The number of aromatic nitrogens is 2. The van der Waals surface area contributed by atoms with Gasteiger partial charge >= 0.3 is 0 Å². The Balaban J connectivity index is 1.89. The number of nitrogens with one attached hydrogen (secondary N) is 1. The molecular weight excluding hydrogens is 252 g/mol. The number of hydrogen-bond acceptors (Lipinski definition) is 3. The van der Waals surface area contributed by atoms with Crippen LogP contribution in [0.5, 0.6) is 0 Å². The van der Waals surface area contributed by atoms with Crippen LogP contribution in [0, 0.1) is 11.8 Å². The second-order valence-electron chi connectivity index (χ2n) is 6.59. The minimum absolute atomic E-state index is 0.0815. The van der Waals surface area contributed by atoms with Crippen LogP contribution in [0.25, 0.3) is 0 Å². The standard InChI is InChI=1S/C15H24N4O/c1-5-11-6-13(18(4)17-11)14(20)19-9-10-7-16-8-12(10)15(19,2)3/h6,10,12,16H,5,7-9H2,1-4H3. The second kappa shape index (κ2) is 4.58. The van der Waals surface area contributed by atoms with E-state index in [4.69, 9.17) is 0 Å².